The second-order valence-corrected chi connectivity index (χ2v) is 6.84. The van der Waals surface area contributed by atoms with Gasteiger partial charge in [-0.2, -0.15) is 0 Å². The first-order valence-corrected chi connectivity index (χ1v) is 9.18. The van der Waals surface area contributed by atoms with Crippen LogP contribution in [0.1, 0.15) is 51.4 Å². The summed E-state index contributed by atoms with van der Waals surface area (Å²) in [7, 11) is 0. The van der Waals surface area contributed by atoms with Crippen molar-refractivity contribution in [1.82, 2.24) is 25.2 Å². The van der Waals surface area contributed by atoms with Gasteiger partial charge in [0.2, 0.25) is 11.8 Å². The van der Waals surface area contributed by atoms with Gasteiger partial charge in [0, 0.05) is 31.7 Å². The zero-order chi connectivity index (χ0) is 16.8. The van der Waals surface area contributed by atoms with Gasteiger partial charge in [-0.15, -0.1) is 5.10 Å². The van der Waals surface area contributed by atoms with Crippen molar-refractivity contribution in [3.63, 3.8) is 0 Å². The van der Waals surface area contributed by atoms with Crippen LogP contribution in [0.5, 0.6) is 0 Å². The van der Waals surface area contributed by atoms with Crippen molar-refractivity contribution >= 4 is 11.8 Å². The number of amides is 2. The first kappa shape index (κ1) is 16.9. The van der Waals surface area contributed by atoms with E-state index in [4.69, 9.17) is 0 Å². The molecule has 0 unspecified atom stereocenters. The molecule has 132 valence electrons. The minimum absolute atomic E-state index is 0.00440. The van der Waals surface area contributed by atoms with E-state index in [0.717, 1.165) is 58.0 Å². The second-order valence-electron chi connectivity index (χ2n) is 6.84. The van der Waals surface area contributed by atoms with E-state index in [1.54, 1.807) is 10.9 Å². The minimum atomic E-state index is -0.272. The molecule has 3 rings (SSSR count). The van der Waals surface area contributed by atoms with E-state index in [9.17, 15) is 9.59 Å². The van der Waals surface area contributed by atoms with Crippen molar-refractivity contribution < 1.29 is 9.59 Å². The van der Waals surface area contributed by atoms with Crippen LogP contribution >= 0.6 is 0 Å². The number of likely N-dealkylation sites (tertiary alicyclic amines) is 1. The predicted molar refractivity (Wildman–Crippen MR) is 89.0 cm³/mol. The fourth-order valence-electron chi connectivity index (χ4n) is 3.81. The molecule has 0 spiro atoms. The predicted octanol–water partition coefficient (Wildman–Crippen LogP) is 1.36. The van der Waals surface area contributed by atoms with Gasteiger partial charge >= 0.3 is 0 Å². The van der Waals surface area contributed by atoms with Crippen LogP contribution in [0.15, 0.2) is 12.4 Å². The van der Waals surface area contributed by atoms with E-state index in [1.165, 1.54) is 6.42 Å². The molecule has 1 atom stereocenters. The molecule has 1 saturated heterocycles. The Labute approximate surface area is 142 Å². The van der Waals surface area contributed by atoms with Crippen LogP contribution in [-0.2, 0) is 16.1 Å². The van der Waals surface area contributed by atoms with Gasteiger partial charge < -0.3 is 10.2 Å². The number of hydrogen-bond acceptors (Lipinski definition) is 4. The average Bonchev–Trinajstić information content (AvgIpc) is 3.30. The summed E-state index contributed by atoms with van der Waals surface area (Å²) in [6.07, 6.45) is 11.5. The number of rotatable bonds is 6. The second kappa shape index (κ2) is 8.26. The fraction of sp³-hybridized carbons (Fsp3) is 0.765. The third-order valence-electron chi connectivity index (χ3n) is 5.13. The van der Waals surface area contributed by atoms with Crippen molar-refractivity contribution in [2.45, 2.75) is 64.0 Å². The lowest BCUT2D eigenvalue weighted by Gasteiger charge is -2.30. The highest BCUT2D eigenvalue weighted by atomic mass is 16.2. The molecule has 24 heavy (non-hydrogen) atoms. The highest BCUT2D eigenvalue weighted by Crippen LogP contribution is 2.28. The third kappa shape index (κ3) is 4.13. The highest BCUT2D eigenvalue weighted by molar-refractivity contribution is 5.89. The van der Waals surface area contributed by atoms with Crippen molar-refractivity contribution in [2.24, 2.45) is 5.92 Å². The zero-order valence-corrected chi connectivity index (χ0v) is 14.2. The molecule has 1 aromatic heterocycles. The van der Waals surface area contributed by atoms with E-state index in [2.05, 4.69) is 15.6 Å². The first-order valence-electron chi connectivity index (χ1n) is 9.18. The van der Waals surface area contributed by atoms with Crippen molar-refractivity contribution in [3.8, 4) is 0 Å². The van der Waals surface area contributed by atoms with Gasteiger partial charge in [-0.3, -0.25) is 14.3 Å². The number of carbonyl (C=O) groups excluding carboxylic acids is 2. The molecule has 1 N–H and O–H groups in total. The summed E-state index contributed by atoms with van der Waals surface area (Å²) >= 11 is 0. The number of aromatic nitrogens is 3. The number of carbonyl (C=O) groups is 2. The molecule has 7 heteroatoms. The number of hydrogen-bond donors (Lipinski definition) is 1. The molecule has 0 radical (unpaired) electrons. The fourth-order valence-corrected chi connectivity index (χ4v) is 3.81. The molecular formula is C17H27N5O2. The Morgan fingerprint density at radius 2 is 1.96 bits per heavy atom. The van der Waals surface area contributed by atoms with Crippen LogP contribution < -0.4 is 5.32 Å². The van der Waals surface area contributed by atoms with Crippen molar-refractivity contribution in [2.75, 3.05) is 13.1 Å². The highest BCUT2D eigenvalue weighted by Gasteiger charge is 2.37. The molecule has 2 fully saturated rings. The Morgan fingerprint density at radius 1 is 1.12 bits per heavy atom. The summed E-state index contributed by atoms with van der Waals surface area (Å²) in [5, 5.41) is 10.6. The summed E-state index contributed by atoms with van der Waals surface area (Å²) < 4.78 is 1.75. The van der Waals surface area contributed by atoms with Gasteiger partial charge in [0.05, 0.1) is 6.20 Å². The summed E-state index contributed by atoms with van der Waals surface area (Å²) in [5.74, 6) is 0.338. The molecule has 2 aliphatic rings. The topological polar surface area (TPSA) is 80.1 Å². The monoisotopic (exact) mass is 333 g/mol. The Bertz CT molecular complexity index is 539. The smallest absolute Gasteiger partial charge is 0.242 e. The minimum Gasteiger partial charge on any atom is -0.354 e. The third-order valence-corrected chi connectivity index (χ3v) is 5.13. The number of aryl methyl sites for hydroxylation is 1. The average molecular weight is 333 g/mol. The van der Waals surface area contributed by atoms with Crippen molar-refractivity contribution in [3.05, 3.63) is 12.4 Å². The normalized spacial score (nSPS) is 21.8. The lowest BCUT2D eigenvalue weighted by Crippen LogP contribution is -2.48. The molecule has 0 bridgehead atoms. The molecule has 0 aromatic carbocycles. The van der Waals surface area contributed by atoms with Crippen molar-refractivity contribution in [1.29, 1.82) is 0 Å². The Morgan fingerprint density at radius 3 is 2.71 bits per heavy atom. The Kier molecular flexibility index (Phi) is 5.82. The van der Waals surface area contributed by atoms with Gasteiger partial charge in [-0.25, -0.2) is 0 Å². The van der Waals surface area contributed by atoms with Gasteiger partial charge in [0.25, 0.3) is 0 Å². The first-order chi connectivity index (χ1) is 11.8. The van der Waals surface area contributed by atoms with E-state index in [0.29, 0.717) is 6.54 Å². The summed E-state index contributed by atoms with van der Waals surface area (Å²) in [4.78, 5) is 27.0. The summed E-state index contributed by atoms with van der Waals surface area (Å²) in [5.41, 5.74) is 0. The summed E-state index contributed by atoms with van der Waals surface area (Å²) in [6, 6.07) is -0.272. The lowest BCUT2D eigenvalue weighted by atomic mass is 9.88. The Balaban J connectivity index is 1.45. The van der Waals surface area contributed by atoms with Crippen LogP contribution in [0.2, 0.25) is 0 Å². The Hall–Kier alpha value is -1.92. The number of nitrogens with one attached hydrogen (secondary N) is 1. The molecule has 7 nitrogen and oxygen atoms in total. The van der Waals surface area contributed by atoms with Crippen LogP contribution in [0.25, 0.3) is 0 Å². The molecule has 1 saturated carbocycles. The largest absolute Gasteiger partial charge is 0.354 e. The molecular weight excluding hydrogens is 306 g/mol. The quantitative estimate of drug-likeness (QED) is 0.797. The lowest BCUT2D eigenvalue weighted by molar-refractivity contribution is -0.142. The summed E-state index contributed by atoms with van der Waals surface area (Å²) in [6.45, 7) is 2.06. The molecule has 1 aliphatic carbocycles. The molecule has 1 aliphatic heterocycles. The SMILES string of the molecule is O=C(NCCCn1ccnn1)[C@@H]1CCCN1C(=O)C1CCCCC1. The van der Waals surface area contributed by atoms with E-state index < -0.39 is 0 Å². The van der Waals surface area contributed by atoms with Crippen LogP contribution in [0.3, 0.4) is 0 Å². The van der Waals surface area contributed by atoms with E-state index in [1.807, 2.05) is 11.1 Å². The molecule has 1 aromatic rings. The molecule has 2 heterocycles. The maximum Gasteiger partial charge on any atom is 0.242 e. The zero-order valence-electron chi connectivity index (χ0n) is 14.2. The van der Waals surface area contributed by atoms with Gasteiger partial charge in [-0.1, -0.05) is 24.5 Å². The van der Waals surface area contributed by atoms with Crippen LogP contribution in [0.4, 0.5) is 0 Å². The van der Waals surface area contributed by atoms with E-state index >= 15 is 0 Å². The van der Waals surface area contributed by atoms with Gasteiger partial charge in [-0.05, 0) is 32.1 Å². The maximum absolute atomic E-state index is 12.7. The number of nitrogens with zero attached hydrogens (tertiary/aromatic N) is 4. The van der Waals surface area contributed by atoms with Gasteiger partial charge in [0.15, 0.2) is 0 Å². The molecule has 2 amide bonds. The van der Waals surface area contributed by atoms with E-state index in [-0.39, 0.29) is 23.8 Å². The maximum atomic E-state index is 12.7. The van der Waals surface area contributed by atoms with Gasteiger partial charge in [0.1, 0.15) is 6.04 Å². The standard InChI is InChI=1S/C17H27N5O2/c23-16(18-9-5-11-21-13-10-19-20-21)15-8-4-12-22(15)17(24)14-6-2-1-3-7-14/h10,13-15H,1-9,11-12H2,(H,18,23)/t15-/m0/s1. The van der Waals surface area contributed by atoms with Crippen LogP contribution in [0, 0.1) is 5.92 Å². The van der Waals surface area contributed by atoms with Crippen LogP contribution in [-0.4, -0.2) is 50.8 Å².